The van der Waals surface area contributed by atoms with Gasteiger partial charge in [0.15, 0.2) is 0 Å². The average molecular weight is 315 g/mol. The molecule has 1 saturated carbocycles. The third kappa shape index (κ3) is 3.49. The number of fused-ring (bicyclic) bond motifs is 1. The molecule has 1 fully saturated rings. The Morgan fingerprint density at radius 2 is 2.09 bits per heavy atom. The van der Waals surface area contributed by atoms with Gasteiger partial charge in [0.05, 0.1) is 11.0 Å². The minimum Gasteiger partial charge on any atom is -0.356 e. The van der Waals surface area contributed by atoms with Gasteiger partial charge in [-0.25, -0.2) is 4.79 Å². The van der Waals surface area contributed by atoms with Gasteiger partial charge in [0.2, 0.25) is 5.91 Å². The number of aryl methyl sites for hydroxylation is 1. The number of aromatic amines is 1. The topological polar surface area (TPSA) is 66.9 Å². The van der Waals surface area contributed by atoms with E-state index < -0.39 is 0 Å². The zero-order valence-corrected chi connectivity index (χ0v) is 13.7. The first kappa shape index (κ1) is 15.8. The maximum absolute atomic E-state index is 12.2. The van der Waals surface area contributed by atoms with Crippen molar-refractivity contribution in [1.82, 2.24) is 14.9 Å². The number of nitrogens with one attached hydrogen (secondary N) is 2. The molecule has 5 heteroatoms. The van der Waals surface area contributed by atoms with Crippen molar-refractivity contribution in [2.45, 2.75) is 45.6 Å². The molecule has 0 bridgehead atoms. The molecule has 1 unspecified atom stereocenters. The minimum absolute atomic E-state index is 0.0862. The fourth-order valence-corrected chi connectivity index (χ4v) is 3.61. The fraction of sp³-hybridized carbons (Fsp3) is 0.556. The van der Waals surface area contributed by atoms with Crippen LogP contribution in [0.3, 0.4) is 0 Å². The summed E-state index contributed by atoms with van der Waals surface area (Å²) in [6.45, 7) is 3.26. The van der Waals surface area contributed by atoms with Gasteiger partial charge in [0.1, 0.15) is 0 Å². The van der Waals surface area contributed by atoms with Crippen LogP contribution in [0.2, 0.25) is 0 Å². The van der Waals surface area contributed by atoms with Gasteiger partial charge in [-0.1, -0.05) is 31.9 Å². The van der Waals surface area contributed by atoms with Crippen molar-refractivity contribution in [1.29, 1.82) is 0 Å². The number of benzene rings is 1. The molecule has 3 rings (SSSR count). The van der Waals surface area contributed by atoms with Crippen LogP contribution in [0.25, 0.3) is 11.0 Å². The fourth-order valence-electron chi connectivity index (χ4n) is 3.61. The molecule has 2 N–H and O–H groups in total. The van der Waals surface area contributed by atoms with Gasteiger partial charge >= 0.3 is 5.69 Å². The number of rotatable bonds is 6. The van der Waals surface area contributed by atoms with E-state index in [9.17, 15) is 9.59 Å². The molecule has 0 saturated heterocycles. The van der Waals surface area contributed by atoms with Crippen molar-refractivity contribution >= 4 is 16.9 Å². The number of amides is 1. The molecule has 1 aliphatic rings. The van der Waals surface area contributed by atoms with Crippen LogP contribution in [0.1, 0.15) is 39.0 Å². The molecule has 124 valence electrons. The number of hydrogen-bond donors (Lipinski definition) is 2. The Balaban J connectivity index is 1.50. The number of imidazole rings is 1. The van der Waals surface area contributed by atoms with E-state index in [2.05, 4.69) is 10.3 Å². The number of carbonyl (C=O) groups is 1. The van der Waals surface area contributed by atoms with Crippen molar-refractivity contribution < 1.29 is 4.79 Å². The van der Waals surface area contributed by atoms with Crippen molar-refractivity contribution in [3.05, 3.63) is 34.7 Å². The summed E-state index contributed by atoms with van der Waals surface area (Å²) >= 11 is 0. The maximum atomic E-state index is 12.2. The van der Waals surface area contributed by atoms with Crippen LogP contribution in [-0.4, -0.2) is 22.0 Å². The summed E-state index contributed by atoms with van der Waals surface area (Å²) in [5.41, 5.74) is 1.69. The molecule has 1 heterocycles. The normalized spacial score (nSPS) is 16.7. The largest absolute Gasteiger partial charge is 0.356 e. The Morgan fingerprint density at radius 1 is 1.35 bits per heavy atom. The van der Waals surface area contributed by atoms with E-state index >= 15 is 0 Å². The number of aromatic nitrogens is 2. The molecule has 0 aliphatic heterocycles. The predicted molar refractivity (Wildman–Crippen MR) is 91.3 cm³/mol. The average Bonchev–Trinajstić information content (AvgIpc) is 3.18. The van der Waals surface area contributed by atoms with Gasteiger partial charge in [-0.15, -0.1) is 0 Å². The molecule has 1 amide bonds. The van der Waals surface area contributed by atoms with E-state index in [1.165, 1.54) is 25.7 Å². The molecule has 0 radical (unpaired) electrons. The molecular weight excluding hydrogens is 290 g/mol. The Hall–Kier alpha value is -2.04. The first-order valence-electron chi connectivity index (χ1n) is 8.62. The lowest BCUT2D eigenvalue weighted by atomic mass is 9.92. The van der Waals surface area contributed by atoms with Crippen LogP contribution < -0.4 is 11.0 Å². The third-order valence-corrected chi connectivity index (χ3v) is 5.06. The zero-order chi connectivity index (χ0) is 16.2. The summed E-state index contributed by atoms with van der Waals surface area (Å²) in [6.07, 6.45) is 5.63. The summed E-state index contributed by atoms with van der Waals surface area (Å²) in [6, 6.07) is 7.68. The van der Waals surface area contributed by atoms with Gasteiger partial charge in [0.25, 0.3) is 0 Å². The number of para-hydroxylation sites is 2. The van der Waals surface area contributed by atoms with E-state index in [4.69, 9.17) is 0 Å². The Morgan fingerprint density at radius 3 is 2.87 bits per heavy atom. The van der Waals surface area contributed by atoms with E-state index in [-0.39, 0.29) is 17.5 Å². The van der Waals surface area contributed by atoms with Gasteiger partial charge < -0.3 is 10.3 Å². The first-order valence-corrected chi connectivity index (χ1v) is 8.62. The van der Waals surface area contributed by atoms with Crippen LogP contribution in [-0.2, 0) is 11.3 Å². The summed E-state index contributed by atoms with van der Waals surface area (Å²) in [4.78, 5) is 27.0. The lowest BCUT2D eigenvalue weighted by molar-refractivity contribution is -0.126. The third-order valence-electron chi connectivity index (χ3n) is 5.06. The quantitative estimate of drug-likeness (QED) is 0.805. The molecule has 1 aromatic carbocycles. The molecule has 1 atom stereocenters. The lowest BCUT2D eigenvalue weighted by Gasteiger charge is -2.18. The number of H-pyrrole nitrogens is 1. The second-order valence-corrected chi connectivity index (χ2v) is 6.58. The highest BCUT2D eigenvalue weighted by molar-refractivity contribution is 5.78. The monoisotopic (exact) mass is 315 g/mol. The van der Waals surface area contributed by atoms with Crippen molar-refractivity contribution in [3.8, 4) is 0 Å². The van der Waals surface area contributed by atoms with Gasteiger partial charge in [-0.05, 0) is 37.3 Å². The van der Waals surface area contributed by atoms with Crippen LogP contribution >= 0.6 is 0 Å². The van der Waals surface area contributed by atoms with Crippen LogP contribution in [0.15, 0.2) is 29.1 Å². The molecular formula is C18H25N3O2. The van der Waals surface area contributed by atoms with E-state index in [0.717, 1.165) is 17.5 Å². The molecule has 1 aliphatic carbocycles. The van der Waals surface area contributed by atoms with Crippen LogP contribution in [0, 0.1) is 11.8 Å². The number of hydrogen-bond acceptors (Lipinski definition) is 2. The van der Waals surface area contributed by atoms with Gasteiger partial charge in [0, 0.05) is 19.0 Å². The van der Waals surface area contributed by atoms with Crippen molar-refractivity contribution in [2.75, 3.05) is 6.54 Å². The van der Waals surface area contributed by atoms with Crippen LogP contribution in [0.5, 0.6) is 0 Å². The summed E-state index contributed by atoms with van der Waals surface area (Å²) < 4.78 is 1.74. The number of carbonyl (C=O) groups excluding carboxylic acids is 1. The first-order chi connectivity index (χ1) is 11.2. The van der Waals surface area contributed by atoms with Crippen molar-refractivity contribution in [2.24, 2.45) is 11.8 Å². The molecule has 1 aromatic heterocycles. The predicted octanol–water partition coefficient (Wildman–Crippen LogP) is 2.66. The SMILES string of the molecule is CC(C(=O)NCCCn1c(=O)[nH]c2ccccc21)C1CCCC1. The molecule has 0 spiro atoms. The van der Waals surface area contributed by atoms with E-state index in [1.807, 2.05) is 31.2 Å². The Bertz CT molecular complexity index is 725. The highest BCUT2D eigenvalue weighted by Gasteiger charge is 2.26. The summed E-state index contributed by atoms with van der Waals surface area (Å²) in [7, 11) is 0. The maximum Gasteiger partial charge on any atom is 0.326 e. The molecule has 23 heavy (non-hydrogen) atoms. The molecule has 5 nitrogen and oxygen atoms in total. The number of nitrogens with zero attached hydrogens (tertiary/aromatic N) is 1. The highest BCUT2D eigenvalue weighted by Crippen LogP contribution is 2.31. The lowest BCUT2D eigenvalue weighted by Crippen LogP contribution is -2.34. The smallest absolute Gasteiger partial charge is 0.326 e. The Labute approximate surface area is 136 Å². The zero-order valence-electron chi connectivity index (χ0n) is 13.7. The van der Waals surface area contributed by atoms with E-state index in [0.29, 0.717) is 19.0 Å². The molecule has 2 aromatic rings. The van der Waals surface area contributed by atoms with Crippen LogP contribution in [0.4, 0.5) is 0 Å². The van der Waals surface area contributed by atoms with Gasteiger partial charge in [-0.2, -0.15) is 0 Å². The summed E-state index contributed by atoms with van der Waals surface area (Å²) in [5, 5.41) is 3.02. The minimum atomic E-state index is -0.0862. The van der Waals surface area contributed by atoms with Crippen molar-refractivity contribution in [3.63, 3.8) is 0 Å². The second-order valence-electron chi connectivity index (χ2n) is 6.58. The standard InChI is InChI=1S/C18H25N3O2/c1-13(14-7-2-3-8-14)17(22)19-11-6-12-21-16-10-5-4-9-15(16)20-18(21)23/h4-5,9-10,13-14H,2-3,6-8,11-12H2,1H3,(H,19,22)(H,20,23). The highest BCUT2D eigenvalue weighted by atomic mass is 16.2. The summed E-state index contributed by atoms with van der Waals surface area (Å²) in [5.74, 6) is 0.808. The van der Waals surface area contributed by atoms with E-state index in [1.54, 1.807) is 4.57 Å². The van der Waals surface area contributed by atoms with Gasteiger partial charge in [-0.3, -0.25) is 9.36 Å². The second kappa shape index (κ2) is 7.02. The Kier molecular flexibility index (Phi) is 4.84.